The molecule has 1 aromatic carbocycles. The Kier molecular flexibility index (Phi) is 3.29. The summed E-state index contributed by atoms with van der Waals surface area (Å²) >= 11 is 0. The molecule has 18 heavy (non-hydrogen) atoms. The summed E-state index contributed by atoms with van der Waals surface area (Å²) in [5, 5.41) is 7.24. The minimum absolute atomic E-state index is 0.387. The van der Waals surface area contributed by atoms with Crippen LogP contribution in [0.25, 0.3) is 0 Å². The number of hydrogen-bond acceptors (Lipinski definition) is 3. The van der Waals surface area contributed by atoms with Gasteiger partial charge < -0.3 is 5.73 Å². The van der Waals surface area contributed by atoms with E-state index in [1.807, 2.05) is 0 Å². The zero-order chi connectivity index (χ0) is 13.2. The van der Waals surface area contributed by atoms with E-state index in [1.165, 1.54) is 18.5 Å². The van der Waals surface area contributed by atoms with Gasteiger partial charge in [-0.15, -0.1) is 0 Å². The first kappa shape index (κ1) is 12.5. The molecule has 0 aliphatic rings. The predicted molar refractivity (Wildman–Crippen MR) is 59.5 cm³/mol. The van der Waals surface area contributed by atoms with Crippen LogP contribution in [0, 0.1) is 0 Å². The molecule has 0 spiro atoms. The highest BCUT2D eigenvalue weighted by Gasteiger charge is 2.30. The molecule has 6 heteroatoms. The van der Waals surface area contributed by atoms with Crippen LogP contribution >= 0.6 is 0 Å². The van der Waals surface area contributed by atoms with Gasteiger partial charge in [0.15, 0.2) is 0 Å². The molecule has 3 nitrogen and oxygen atoms in total. The van der Waals surface area contributed by atoms with E-state index in [1.54, 1.807) is 12.1 Å². The molecule has 0 radical (unpaired) electrons. The average Bonchev–Trinajstić information content (AvgIpc) is 2.38. The standard InChI is InChI=1S/C12H10F3N3/c13-12(14,15)10-3-1-2-8(6-10)11(16)9-4-5-17-18-7-9/h1-7,11H,16H2. The Balaban J connectivity index is 2.35. The molecule has 0 saturated heterocycles. The number of nitrogens with two attached hydrogens (primary N) is 1. The molecule has 0 saturated carbocycles. The van der Waals surface area contributed by atoms with Crippen LogP contribution in [0.15, 0.2) is 42.7 Å². The van der Waals surface area contributed by atoms with Crippen LogP contribution in [-0.2, 0) is 6.18 Å². The van der Waals surface area contributed by atoms with E-state index in [9.17, 15) is 13.2 Å². The van der Waals surface area contributed by atoms with Gasteiger partial charge >= 0.3 is 6.18 Å². The van der Waals surface area contributed by atoms with Crippen molar-refractivity contribution >= 4 is 0 Å². The fourth-order valence-corrected chi connectivity index (χ4v) is 1.59. The predicted octanol–water partition coefficient (Wildman–Crippen LogP) is 2.54. The van der Waals surface area contributed by atoms with Crippen molar-refractivity contribution < 1.29 is 13.2 Å². The van der Waals surface area contributed by atoms with E-state index in [0.29, 0.717) is 11.1 Å². The number of rotatable bonds is 2. The van der Waals surface area contributed by atoms with Crippen LogP contribution in [-0.4, -0.2) is 10.2 Å². The summed E-state index contributed by atoms with van der Waals surface area (Å²) in [5.74, 6) is 0. The molecule has 1 unspecified atom stereocenters. The summed E-state index contributed by atoms with van der Waals surface area (Å²) in [6.07, 6.45) is -1.49. The smallest absolute Gasteiger partial charge is 0.320 e. The monoisotopic (exact) mass is 253 g/mol. The summed E-state index contributed by atoms with van der Waals surface area (Å²) in [5.41, 5.74) is 6.18. The average molecular weight is 253 g/mol. The number of hydrogen-bond donors (Lipinski definition) is 1. The maximum Gasteiger partial charge on any atom is 0.416 e. The van der Waals surface area contributed by atoms with Gasteiger partial charge in [0.25, 0.3) is 0 Å². The van der Waals surface area contributed by atoms with Crippen molar-refractivity contribution in [1.29, 1.82) is 0 Å². The third-order valence-corrected chi connectivity index (χ3v) is 2.54. The number of alkyl halides is 3. The van der Waals surface area contributed by atoms with Gasteiger partial charge in [-0.2, -0.15) is 23.4 Å². The normalized spacial score (nSPS) is 13.3. The molecule has 2 N–H and O–H groups in total. The van der Waals surface area contributed by atoms with Gasteiger partial charge in [-0.1, -0.05) is 12.1 Å². The summed E-state index contributed by atoms with van der Waals surface area (Å²) in [4.78, 5) is 0. The van der Waals surface area contributed by atoms with Crippen molar-refractivity contribution in [2.45, 2.75) is 12.2 Å². The third-order valence-electron chi connectivity index (χ3n) is 2.54. The van der Waals surface area contributed by atoms with E-state index in [2.05, 4.69) is 10.2 Å². The molecule has 94 valence electrons. The van der Waals surface area contributed by atoms with Crippen LogP contribution in [0.2, 0.25) is 0 Å². The molecule has 1 atom stereocenters. The summed E-state index contributed by atoms with van der Waals surface area (Å²) < 4.78 is 37.7. The van der Waals surface area contributed by atoms with Gasteiger partial charge in [-0.25, -0.2) is 0 Å². The first-order chi connectivity index (χ1) is 8.48. The Bertz CT molecular complexity index is 526. The highest BCUT2D eigenvalue weighted by molar-refractivity contribution is 5.33. The lowest BCUT2D eigenvalue weighted by Crippen LogP contribution is -2.14. The van der Waals surface area contributed by atoms with Gasteiger partial charge in [0.1, 0.15) is 0 Å². The molecule has 0 amide bonds. The van der Waals surface area contributed by atoms with Gasteiger partial charge in [0.2, 0.25) is 0 Å². The van der Waals surface area contributed by atoms with E-state index in [-0.39, 0.29) is 0 Å². The first-order valence-electron chi connectivity index (χ1n) is 5.18. The molecule has 0 fully saturated rings. The van der Waals surface area contributed by atoms with Crippen molar-refractivity contribution in [3.05, 3.63) is 59.4 Å². The van der Waals surface area contributed by atoms with Gasteiger partial charge in [0, 0.05) is 6.20 Å². The molecule has 2 aromatic rings. The Labute approximate surface area is 101 Å². The Morgan fingerprint density at radius 3 is 2.44 bits per heavy atom. The fourth-order valence-electron chi connectivity index (χ4n) is 1.59. The first-order valence-corrected chi connectivity index (χ1v) is 5.18. The maximum absolute atomic E-state index is 12.6. The Morgan fingerprint density at radius 2 is 1.83 bits per heavy atom. The molecule has 1 aromatic heterocycles. The topological polar surface area (TPSA) is 51.8 Å². The van der Waals surface area contributed by atoms with Crippen LogP contribution < -0.4 is 5.73 Å². The Morgan fingerprint density at radius 1 is 1.06 bits per heavy atom. The van der Waals surface area contributed by atoms with Crippen LogP contribution in [0.4, 0.5) is 13.2 Å². The molecule has 0 aliphatic carbocycles. The summed E-state index contributed by atoms with van der Waals surface area (Å²) in [6, 6.07) is 5.93. The summed E-state index contributed by atoms with van der Waals surface area (Å²) in [6.45, 7) is 0. The molecular formula is C12H10F3N3. The van der Waals surface area contributed by atoms with E-state index < -0.39 is 17.8 Å². The second kappa shape index (κ2) is 4.73. The third kappa shape index (κ3) is 2.65. The van der Waals surface area contributed by atoms with E-state index >= 15 is 0 Å². The second-order valence-electron chi connectivity index (χ2n) is 3.78. The van der Waals surface area contributed by atoms with Crippen molar-refractivity contribution in [3.63, 3.8) is 0 Å². The van der Waals surface area contributed by atoms with E-state index in [4.69, 9.17) is 5.73 Å². The molecular weight excluding hydrogens is 243 g/mol. The maximum atomic E-state index is 12.6. The highest BCUT2D eigenvalue weighted by Crippen LogP contribution is 2.31. The minimum atomic E-state index is -4.37. The molecule has 0 aliphatic heterocycles. The van der Waals surface area contributed by atoms with Crippen LogP contribution in [0.1, 0.15) is 22.7 Å². The lowest BCUT2D eigenvalue weighted by molar-refractivity contribution is -0.137. The number of aromatic nitrogens is 2. The zero-order valence-corrected chi connectivity index (χ0v) is 9.22. The second-order valence-corrected chi connectivity index (χ2v) is 3.78. The molecule has 1 heterocycles. The van der Waals surface area contributed by atoms with Crippen molar-refractivity contribution in [2.24, 2.45) is 5.73 Å². The number of benzene rings is 1. The van der Waals surface area contributed by atoms with Gasteiger partial charge in [-0.3, -0.25) is 0 Å². The lowest BCUT2D eigenvalue weighted by atomic mass is 9.99. The Hall–Kier alpha value is -1.95. The summed E-state index contributed by atoms with van der Waals surface area (Å²) in [7, 11) is 0. The van der Waals surface area contributed by atoms with Crippen LogP contribution in [0.3, 0.4) is 0 Å². The SMILES string of the molecule is NC(c1ccnnc1)c1cccc(C(F)(F)F)c1. The van der Waals surface area contributed by atoms with Crippen molar-refractivity contribution in [3.8, 4) is 0 Å². The van der Waals surface area contributed by atoms with Crippen molar-refractivity contribution in [2.75, 3.05) is 0 Å². The number of nitrogens with zero attached hydrogens (tertiary/aromatic N) is 2. The largest absolute Gasteiger partial charge is 0.416 e. The lowest BCUT2D eigenvalue weighted by Gasteiger charge is -2.14. The molecule has 2 rings (SSSR count). The highest BCUT2D eigenvalue weighted by atomic mass is 19.4. The van der Waals surface area contributed by atoms with Crippen molar-refractivity contribution in [1.82, 2.24) is 10.2 Å². The number of halogens is 3. The molecule has 0 bridgehead atoms. The van der Waals surface area contributed by atoms with Crippen LogP contribution in [0.5, 0.6) is 0 Å². The minimum Gasteiger partial charge on any atom is -0.320 e. The van der Waals surface area contributed by atoms with Gasteiger partial charge in [0.05, 0.1) is 17.8 Å². The quantitative estimate of drug-likeness (QED) is 0.894. The zero-order valence-electron chi connectivity index (χ0n) is 9.22. The van der Waals surface area contributed by atoms with E-state index in [0.717, 1.165) is 12.1 Å². The fraction of sp³-hybridized carbons (Fsp3) is 0.167. The van der Waals surface area contributed by atoms with Gasteiger partial charge in [-0.05, 0) is 29.3 Å².